The minimum Gasteiger partial charge on any atom is -0.459 e. The number of ether oxygens (including phenoxy) is 10. The van der Waals surface area contributed by atoms with E-state index in [0.717, 1.165) is 0 Å². The van der Waals surface area contributed by atoms with E-state index in [1.165, 1.54) is 11.8 Å². The van der Waals surface area contributed by atoms with Crippen molar-refractivity contribution in [3.05, 3.63) is 215 Å². The molecule has 2 aliphatic heterocycles. The molecule has 2 heterocycles. The Morgan fingerprint density at radius 3 is 1.44 bits per heavy atom. The maximum Gasteiger partial charge on any atom is 0.338 e. The highest BCUT2D eigenvalue weighted by Gasteiger charge is 2.56. The molecule has 372 valence electrons. The molecule has 2 aliphatic rings. The molecule has 2 saturated heterocycles. The first kappa shape index (κ1) is 51.2. The normalized spacial score (nSPS) is 20.6. The van der Waals surface area contributed by atoms with Gasteiger partial charge >= 0.3 is 29.8 Å². The van der Waals surface area contributed by atoms with Crippen molar-refractivity contribution in [1.29, 1.82) is 0 Å². The maximum absolute atomic E-state index is 14.3. The van der Waals surface area contributed by atoms with E-state index in [9.17, 15) is 24.0 Å². The van der Waals surface area contributed by atoms with Gasteiger partial charge in [0.1, 0.15) is 37.6 Å². The van der Waals surface area contributed by atoms with Crippen LogP contribution in [0.5, 0.6) is 0 Å². The Morgan fingerprint density at radius 1 is 0.528 bits per heavy atom. The molecule has 0 saturated carbocycles. The Kier molecular flexibility index (Phi) is 18.3. The lowest BCUT2D eigenvalue weighted by Gasteiger charge is -2.49. The topological polar surface area (TPSA) is 178 Å². The minimum atomic E-state index is -1.71. The number of thioether (sulfide) groups is 1. The third-order valence-corrected chi connectivity index (χ3v) is 12.2. The van der Waals surface area contributed by atoms with Crippen LogP contribution in [0.2, 0.25) is 0 Å². The van der Waals surface area contributed by atoms with E-state index in [2.05, 4.69) is 0 Å². The minimum absolute atomic E-state index is 0.0234. The monoisotopic (exact) mass is 996 g/mol. The van der Waals surface area contributed by atoms with Gasteiger partial charge in [-0.1, -0.05) is 128 Å². The average molecular weight is 997 g/mol. The molecule has 8 rings (SSSR count). The van der Waals surface area contributed by atoms with Gasteiger partial charge in [0.15, 0.2) is 30.9 Å². The summed E-state index contributed by atoms with van der Waals surface area (Å²) in [6, 6.07) is 50.0. The lowest BCUT2D eigenvalue weighted by molar-refractivity contribution is -0.370. The summed E-state index contributed by atoms with van der Waals surface area (Å²) in [6.45, 7) is 0.663. The smallest absolute Gasteiger partial charge is 0.338 e. The van der Waals surface area contributed by atoms with E-state index in [-0.39, 0.29) is 40.4 Å². The molecule has 0 radical (unpaired) electrons. The van der Waals surface area contributed by atoms with Gasteiger partial charge in [-0.25, -0.2) is 24.0 Å². The van der Waals surface area contributed by atoms with Crippen LogP contribution in [0.15, 0.2) is 182 Å². The molecule has 15 nitrogen and oxygen atoms in total. The largest absolute Gasteiger partial charge is 0.459 e. The average Bonchev–Trinajstić information content (AvgIpc) is 3.44. The van der Waals surface area contributed by atoms with Crippen molar-refractivity contribution in [3.8, 4) is 0 Å². The number of hydrogen-bond acceptors (Lipinski definition) is 16. The van der Waals surface area contributed by atoms with Crippen LogP contribution in [-0.4, -0.2) is 110 Å². The fourth-order valence-corrected chi connectivity index (χ4v) is 8.30. The van der Waals surface area contributed by atoms with Crippen molar-refractivity contribution < 1.29 is 71.3 Å². The molecule has 4 unspecified atom stereocenters. The van der Waals surface area contributed by atoms with Crippen LogP contribution in [0, 0.1) is 0 Å². The molecule has 72 heavy (non-hydrogen) atoms. The zero-order valence-electron chi connectivity index (χ0n) is 39.1. The molecule has 6 aromatic rings. The molecule has 16 heteroatoms. The van der Waals surface area contributed by atoms with Gasteiger partial charge in [0.05, 0.1) is 40.4 Å². The van der Waals surface area contributed by atoms with E-state index in [1.807, 2.05) is 37.3 Å². The molecule has 0 aliphatic carbocycles. The molecular weight excluding hydrogens is 945 g/mol. The second-order valence-corrected chi connectivity index (χ2v) is 17.6. The third-order valence-electron chi connectivity index (χ3n) is 11.5. The summed E-state index contributed by atoms with van der Waals surface area (Å²) in [4.78, 5) is 70.0. The molecule has 0 amide bonds. The quantitative estimate of drug-likeness (QED) is 0.0289. The van der Waals surface area contributed by atoms with E-state index in [0.29, 0.717) is 11.3 Å². The highest BCUT2D eigenvalue weighted by atomic mass is 32.2. The van der Waals surface area contributed by atoms with Crippen LogP contribution in [0.1, 0.15) is 70.6 Å². The van der Waals surface area contributed by atoms with Gasteiger partial charge in [-0.15, -0.1) is 11.8 Å². The van der Waals surface area contributed by atoms with Crippen LogP contribution in [0.25, 0.3) is 0 Å². The Bertz CT molecular complexity index is 2660. The first-order valence-electron chi connectivity index (χ1n) is 23.3. The summed E-state index contributed by atoms with van der Waals surface area (Å²) in [7, 11) is 0. The molecular formula is C56H52O15S. The fraction of sp³-hybridized carbons (Fsp3) is 0.268. The van der Waals surface area contributed by atoms with Crippen molar-refractivity contribution in [3.63, 3.8) is 0 Å². The number of rotatable bonds is 21. The van der Waals surface area contributed by atoms with E-state index in [1.54, 1.807) is 152 Å². The molecule has 6 aromatic carbocycles. The number of hydrogen-bond donors (Lipinski definition) is 0. The number of carbonyl (C=O) groups excluding carboxylic acids is 5. The lowest BCUT2D eigenvalue weighted by Crippen LogP contribution is -2.65. The molecule has 0 N–H and O–H groups in total. The van der Waals surface area contributed by atoms with E-state index in [4.69, 9.17) is 47.4 Å². The predicted octanol–water partition coefficient (Wildman–Crippen LogP) is 8.70. The summed E-state index contributed by atoms with van der Waals surface area (Å²) in [5, 5.41) is 0. The Morgan fingerprint density at radius 2 is 0.958 bits per heavy atom. The van der Waals surface area contributed by atoms with Gasteiger partial charge in [0.2, 0.25) is 0 Å². The summed E-state index contributed by atoms with van der Waals surface area (Å²) in [5.41, 5.74) is 1.58. The maximum atomic E-state index is 14.3. The summed E-state index contributed by atoms with van der Waals surface area (Å²) < 4.78 is 63.7. The number of esters is 5. The van der Waals surface area contributed by atoms with Crippen molar-refractivity contribution in [2.24, 2.45) is 0 Å². The van der Waals surface area contributed by atoms with Gasteiger partial charge in [0.25, 0.3) is 0 Å². The zero-order valence-corrected chi connectivity index (χ0v) is 39.9. The van der Waals surface area contributed by atoms with Crippen molar-refractivity contribution in [2.45, 2.75) is 62.2 Å². The van der Waals surface area contributed by atoms with Gasteiger partial charge in [-0.2, -0.15) is 0 Å². The molecule has 0 bridgehead atoms. The first-order valence-corrected chi connectivity index (χ1v) is 24.5. The van der Waals surface area contributed by atoms with Crippen LogP contribution < -0.4 is 0 Å². The van der Waals surface area contributed by atoms with E-state index < -0.39 is 98.4 Å². The summed E-state index contributed by atoms with van der Waals surface area (Å²) in [5.74, 6) is -3.27. The summed E-state index contributed by atoms with van der Waals surface area (Å²) >= 11 is 1.39. The Hall–Kier alpha value is -7.18. The standard InChI is InChI=1S/C56H52O15S/c1-2-72-36-65-43(33-62-50(57)37-21-9-3-10-22-37)46(44(66-52(59)39-25-13-5-14-26-39)34-63-51(58)38-23-11-4-12-24-38)70-56-49(69-54(61)41-29-17-7-18-30-41)48(68-53(60)40-27-15-6-16-28-40)47-45(67-56)35-64-55(71-47)42-31-19-8-20-32-42/h3-32,43-49,55-56H,2,33-36H2,1H3/t43?,44-,45?,46-,47-,48?,49+,55?,56-/m1/s1. The zero-order chi connectivity index (χ0) is 50.1. The predicted molar refractivity (Wildman–Crippen MR) is 262 cm³/mol. The number of carbonyl (C=O) groups is 5. The van der Waals surface area contributed by atoms with Gasteiger partial charge in [-0.05, 0) is 66.4 Å². The number of benzene rings is 6. The van der Waals surface area contributed by atoms with Crippen LogP contribution in [-0.2, 0) is 47.4 Å². The van der Waals surface area contributed by atoms with Crippen LogP contribution in [0.4, 0.5) is 0 Å². The highest BCUT2D eigenvalue weighted by Crippen LogP contribution is 2.38. The molecule has 9 atom stereocenters. The van der Waals surface area contributed by atoms with Gasteiger partial charge in [0, 0.05) is 5.56 Å². The number of fused-ring (bicyclic) bond motifs is 1. The van der Waals surface area contributed by atoms with Crippen LogP contribution in [0.3, 0.4) is 0 Å². The summed E-state index contributed by atoms with van der Waals surface area (Å²) in [6.07, 6.45) is -12.4. The highest BCUT2D eigenvalue weighted by molar-refractivity contribution is 7.99. The third kappa shape index (κ3) is 13.6. The second-order valence-electron chi connectivity index (χ2n) is 16.3. The van der Waals surface area contributed by atoms with Crippen molar-refractivity contribution in [2.75, 3.05) is 31.5 Å². The van der Waals surface area contributed by atoms with Crippen molar-refractivity contribution in [1.82, 2.24) is 0 Å². The van der Waals surface area contributed by atoms with E-state index >= 15 is 0 Å². The van der Waals surface area contributed by atoms with Crippen molar-refractivity contribution >= 4 is 41.6 Å². The Balaban J connectivity index is 1.23. The molecule has 2 fully saturated rings. The Labute approximate surface area is 420 Å². The fourth-order valence-electron chi connectivity index (χ4n) is 7.86. The SMILES string of the molecule is CCSCOC(COC(=O)c1ccccc1)[C@@H](O[C@H]1OC2COC(c3ccccc3)O[C@H]2C(OC(=O)c2ccccc2)[C@@H]1OC(=O)c1ccccc1)[C@@H](COC(=O)c1ccccc1)OC(=O)c1ccccc1. The van der Waals surface area contributed by atoms with Crippen LogP contribution >= 0.6 is 11.8 Å². The van der Waals surface area contributed by atoms with Gasteiger partial charge < -0.3 is 47.4 Å². The molecule has 0 spiro atoms. The molecule has 0 aromatic heterocycles. The second kappa shape index (κ2) is 25.8. The van der Waals surface area contributed by atoms with Gasteiger partial charge in [-0.3, -0.25) is 0 Å². The first-order chi connectivity index (χ1) is 35.2. The lowest BCUT2D eigenvalue weighted by atomic mass is 9.96.